The Morgan fingerprint density at radius 1 is 1.21 bits per heavy atom. The van der Waals surface area contributed by atoms with Gasteiger partial charge in [-0.2, -0.15) is 0 Å². The summed E-state index contributed by atoms with van der Waals surface area (Å²) in [7, 11) is -0.953. The first-order chi connectivity index (χ1) is 13.7. The Bertz CT molecular complexity index is 1000. The van der Waals surface area contributed by atoms with Crippen molar-refractivity contribution >= 4 is 9.84 Å². The number of phenols is 1. The molecule has 6 heteroatoms. The van der Waals surface area contributed by atoms with Crippen LogP contribution in [0.1, 0.15) is 30.0 Å². The van der Waals surface area contributed by atoms with Crippen molar-refractivity contribution in [3.05, 3.63) is 59.2 Å². The smallest absolute Gasteiger partial charge is 0.175 e. The molecule has 3 atom stereocenters. The monoisotopic (exact) mass is 414 g/mol. The highest BCUT2D eigenvalue weighted by Gasteiger charge is 2.49. The minimum atomic E-state index is -3.16. The molecule has 0 spiro atoms. The maximum atomic E-state index is 11.6. The number of aromatic hydroxyl groups is 1. The predicted molar refractivity (Wildman–Crippen MR) is 115 cm³/mol. The van der Waals surface area contributed by atoms with Gasteiger partial charge in [-0.15, -0.1) is 0 Å². The van der Waals surface area contributed by atoms with Crippen molar-refractivity contribution in [2.75, 3.05) is 26.4 Å². The van der Waals surface area contributed by atoms with E-state index in [0.29, 0.717) is 22.7 Å². The maximum Gasteiger partial charge on any atom is 0.175 e. The van der Waals surface area contributed by atoms with Crippen LogP contribution in [0.2, 0.25) is 0 Å². The topological polar surface area (TPSA) is 69.6 Å². The summed E-state index contributed by atoms with van der Waals surface area (Å²) in [6.07, 6.45) is 4.12. The van der Waals surface area contributed by atoms with Gasteiger partial charge in [0.05, 0.1) is 4.90 Å². The Morgan fingerprint density at radius 3 is 2.62 bits per heavy atom. The molecule has 5 nitrogen and oxygen atoms in total. The summed E-state index contributed by atoms with van der Waals surface area (Å²) in [5.41, 5.74) is 3.74. The molecule has 1 fully saturated rings. The van der Waals surface area contributed by atoms with Gasteiger partial charge in [-0.3, -0.25) is 0 Å². The number of piperidine rings is 1. The average molecular weight is 415 g/mol. The van der Waals surface area contributed by atoms with Gasteiger partial charge in [0, 0.05) is 23.8 Å². The fourth-order valence-corrected chi connectivity index (χ4v) is 5.75. The molecule has 0 saturated carbocycles. The Balaban J connectivity index is 1.51. The molecule has 1 aliphatic carbocycles. The van der Waals surface area contributed by atoms with E-state index in [1.165, 1.54) is 17.4 Å². The van der Waals surface area contributed by atoms with E-state index in [-0.39, 0.29) is 5.41 Å². The molecule has 1 saturated heterocycles. The first-order valence-electron chi connectivity index (χ1n) is 10.2. The molecule has 1 unspecified atom stereocenters. The Kier molecular flexibility index (Phi) is 5.21. The van der Waals surface area contributed by atoms with Crippen molar-refractivity contribution in [2.24, 2.45) is 0 Å². The van der Waals surface area contributed by atoms with E-state index in [9.17, 15) is 13.5 Å². The maximum absolute atomic E-state index is 11.6. The summed E-state index contributed by atoms with van der Waals surface area (Å²) in [5, 5.41) is 13.9. The molecule has 29 heavy (non-hydrogen) atoms. The highest BCUT2D eigenvalue weighted by atomic mass is 32.2. The normalized spacial score (nSPS) is 26.9. The zero-order chi connectivity index (χ0) is 20.8. The molecule has 2 aromatic carbocycles. The first kappa shape index (κ1) is 20.4. The van der Waals surface area contributed by atoms with Gasteiger partial charge in [-0.1, -0.05) is 25.1 Å². The molecule has 4 rings (SSSR count). The van der Waals surface area contributed by atoms with Gasteiger partial charge >= 0.3 is 0 Å². The molecule has 1 aliphatic heterocycles. The molecule has 2 aromatic rings. The van der Waals surface area contributed by atoms with E-state index in [2.05, 4.69) is 30.3 Å². The van der Waals surface area contributed by atoms with Crippen molar-refractivity contribution in [2.45, 2.75) is 48.6 Å². The van der Waals surface area contributed by atoms with Crippen molar-refractivity contribution < 1.29 is 13.5 Å². The summed E-state index contributed by atoms with van der Waals surface area (Å²) in [6.45, 7) is 4.21. The molecule has 2 aliphatic rings. The van der Waals surface area contributed by atoms with E-state index in [1.54, 1.807) is 18.2 Å². The lowest BCUT2D eigenvalue weighted by molar-refractivity contribution is 0.0663. The average Bonchev–Trinajstić information content (AvgIpc) is 2.67. The zero-order valence-electron chi connectivity index (χ0n) is 17.4. The summed E-state index contributed by atoms with van der Waals surface area (Å²) in [6, 6.07) is 13.8. The van der Waals surface area contributed by atoms with Crippen LogP contribution in [0, 0.1) is 0 Å². The van der Waals surface area contributed by atoms with E-state index in [1.807, 2.05) is 18.2 Å². The van der Waals surface area contributed by atoms with Crippen molar-refractivity contribution in [3.63, 3.8) is 0 Å². The van der Waals surface area contributed by atoms with E-state index < -0.39 is 9.84 Å². The second-order valence-electron chi connectivity index (χ2n) is 8.86. The molecule has 156 valence electrons. The Morgan fingerprint density at radius 2 is 1.93 bits per heavy atom. The molecular weight excluding hydrogens is 384 g/mol. The van der Waals surface area contributed by atoms with Gasteiger partial charge in [0.15, 0.2) is 9.84 Å². The van der Waals surface area contributed by atoms with Crippen LogP contribution in [0.15, 0.2) is 47.4 Å². The standard InChI is InChI=1S/C23H30N2O3S/c1-23-11-13-25(2)21(14-17-6-7-18(26)15-20(17)23)22(23)24-12-10-16-4-8-19(9-5-16)29(3,27)28/h4-9,15,21-22,24,26H,10-14H2,1-3H3/t21-,22-,23?/m1/s1. The molecule has 2 bridgehead atoms. The predicted octanol–water partition coefficient (Wildman–Crippen LogP) is 2.51. The summed E-state index contributed by atoms with van der Waals surface area (Å²) >= 11 is 0. The van der Waals surface area contributed by atoms with E-state index in [4.69, 9.17) is 0 Å². The highest BCUT2D eigenvalue weighted by molar-refractivity contribution is 7.90. The fourth-order valence-electron chi connectivity index (χ4n) is 5.12. The van der Waals surface area contributed by atoms with Gasteiger partial charge in [0.2, 0.25) is 0 Å². The summed E-state index contributed by atoms with van der Waals surface area (Å²) in [5.74, 6) is 0.340. The van der Waals surface area contributed by atoms with Crippen LogP contribution in [0.4, 0.5) is 0 Å². The summed E-state index contributed by atoms with van der Waals surface area (Å²) < 4.78 is 23.3. The number of likely N-dealkylation sites (tertiary alicyclic amines) is 1. The lowest BCUT2D eigenvalue weighted by Gasteiger charge is -2.55. The van der Waals surface area contributed by atoms with Crippen molar-refractivity contribution in [3.8, 4) is 5.75 Å². The van der Waals surface area contributed by atoms with Gasteiger partial charge in [-0.25, -0.2) is 8.42 Å². The molecule has 2 N–H and O–H groups in total. The number of hydrogen-bond acceptors (Lipinski definition) is 5. The second-order valence-corrected chi connectivity index (χ2v) is 10.9. The van der Waals surface area contributed by atoms with Crippen molar-refractivity contribution in [1.82, 2.24) is 10.2 Å². The number of sulfone groups is 1. The molecule has 1 heterocycles. The van der Waals surface area contributed by atoms with Crippen LogP contribution in [0.3, 0.4) is 0 Å². The van der Waals surface area contributed by atoms with E-state index >= 15 is 0 Å². The molecule has 0 aromatic heterocycles. The molecule has 0 radical (unpaired) electrons. The Labute approximate surface area is 173 Å². The molecule has 0 amide bonds. The second kappa shape index (κ2) is 7.42. The number of likely N-dealkylation sites (N-methyl/N-ethyl adjacent to an activating group) is 1. The minimum absolute atomic E-state index is 0.0103. The van der Waals surface area contributed by atoms with E-state index in [0.717, 1.165) is 37.9 Å². The van der Waals surface area contributed by atoms with Gasteiger partial charge in [-0.05, 0) is 80.4 Å². The van der Waals surface area contributed by atoms with Crippen LogP contribution < -0.4 is 5.32 Å². The van der Waals surface area contributed by atoms with Gasteiger partial charge in [0.1, 0.15) is 5.75 Å². The number of phenolic OH excluding ortho intramolecular Hbond substituents is 1. The first-order valence-corrected chi connectivity index (χ1v) is 12.1. The Hall–Kier alpha value is -1.89. The number of rotatable bonds is 5. The number of benzene rings is 2. The SMILES string of the molecule is CN1CCC2(C)c3cc(O)ccc3C[C@@H]1[C@H]2NCCc1ccc(S(C)(=O)=O)cc1. The lowest BCUT2D eigenvalue weighted by atomic mass is 9.61. The number of fused-ring (bicyclic) bond motifs is 4. The highest BCUT2D eigenvalue weighted by Crippen LogP contribution is 2.45. The summed E-state index contributed by atoms with van der Waals surface area (Å²) in [4.78, 5) is 2.82. The third-order valence-electron chi connectivity index (χ3n) is 6.89. The largest absolute Gasteiger partial charge is 0.508 e. The van der Waals surface area contributed by atoms with Crippen LogP contribution in [-0.4, -0.2) is 56.9 Å². The zero-order valence-corrected chi connectivity index (χ0v) is 18.2. The third-order valence-corrected chi connectivity index (χ3v) is 8.02. The van der Waals surface area contributed by atoms with Crippen LogP contribution in [0.5, 0.6) is 5.75 Å². The van der Waals surface area contributed by atoms with Gasteiger partial charge < -0.3 is 15.3 Å². The number of nitrogens with zero attached hydrogens (tertiary/aromatic N) is 1. The van der Waals surface area contributed by atoms with Crippen LogP contribution in [0.25, 0.3) is 0 Å². The number of hydrogen-bond donors (Lipinski definition) is 2. The quantitative estimate of drug-likeness (QED) is 0.787. The molecular formula is C23H30N2O3S. The fraction of sp³-hybridized carbons (Fsp3) is 0.478. The minimum Gasteiger partial charge on any atom is -0.508 e. The van der Waals surface area contributed by atoms with Crippen molar-refractivity contribution in [1.29, 1.82) is 0 Å². The van der Waals surface area contributed by atoms with Crippen LogP contribution in [-0.2, 0) is 28.1 Å². The van der Waals surface area contributed by atoms with Crippen LogP contribution >= 0.6 is 0 Å². The number of nitrogens with one attached hydrogen (secondary N) is 1. The van der Waals surface area contributed by atoms with Gasteiger partial charge in [0.25, 0.3) is 0 Å². The lowest BCUT2D eigenvalue weighted by Crippen LogP contribution is -2.66. The third kappa shape index (κ3) is 3.81.